The van der Waals surface area contributed by atoms with Crippen LogP contribution < -0.4 is 0 Å². The van der Waals surface area contributed by atoms with Crippen LogP contribution in [0, 0.1) is 0 Å². The fourth-order valence-electron chi connectivity index (χ4n) is 7.92. The Kier molecular flexibility index (Phi) is 46.2. The van der Waals surface area contributed by atoms with Crippen LogP contribution in [-0.4, -0.2) is 41.7 Å². The summed E-state index contributed by atoms with van der Waals surface area (Å²) >= 11 is 0. The van der Waals surface area contributed by atoms with Gasteiger partial charge in [-0.2, -0.15) is 0 Å². The van der Waals surface area contributed by atoms with Crippen molar-refractivity contribution in [1.82, 2.24) is 0 Å². The van der Waals surface area contributed by atoms with Gasteiger partial charge in [0.2, 0.25) is 0 Å². The summed E-state index contributed by atoms with van der Waals surface area (Å²) in [6.07, 6.45) is 54.1. The average molecular weight is 831 g/mol. The molecule has 0 aliphatic rings. The minimum absolute atomic E-state index is 0.0873. The van der Waals surface area contributed by atoms with Gasteiger partial charge in [-0.3, -0.25) is 9.32 Å². The molecule has 0 aromatic heterocycles. The molecule has 7 nitrogen and oxygen atoms in total. The van der Waals surface area contributed by atoms with Crippen molar-refractivity contribution in [2.75, 3.05) is 19.8 Å². The Hall–Kier alpha value is -0.460. The Bertz CT molecular complexity index is 835. The molecular formula is C49H99O7P. The first-order valence-corrected chi connectivity index (χ1v) is 26.9. The van der Waals surface area contributed by atoms with Crippen LogP contribution in [-0.2, 0) is 23.4 Å². The molecule has 0 bridgehead atoms. The average Bonchev–Trinajstić information content (AvgIpc) is 3.19. The minimum Gasteiger partial charge on any atom is -0.457 e. The maximum atomic E-state index is 12.5. The maximum Gasteiger partial charge on any atom is 0.469 e. The molecule has 2 N–H and O–H groups in total. The van der Waals surface area contributed by atoms with Crippen LogP contribution in [0.3, 0.4) is 0 Å². The number of esters is 1. The number of rotatable bonds is 49. The molecular weight excluding hydrogens is 732 g/mol. The SMILES string of the molecule is CCCCCCCCCCCCCCCCCCCCCCCCCCCC(=O)O[C@H](COCCCCCCCCCCCCCCCCCC)COP(=O)(O)O. The molecule has 0 rings (SSSR count). The first-order valence-electron chi connectivity index (χ1n) is 25.4. The van der Waals surface area contributed by atoms with Gasteiger partial charge in [-0.25, -0.2) is 4.57 Å². The van der Waals surface area contributed by atoms with Crippen molar-refractivity contribution >= 4 is 13.8 Å². The summed E-state index contributed by atoms with van der Waals surface area (Å²) < 4.78 is 27.1. The monoisotopic (exact) mass is 831 g/mol. The highest BCUT2D eigenvalue weighted by Gasteiger charge is 2.21. The zero-order valence-electron chi connectivity index (χ0n) is 38.3. The fraction of sp³-hybridized carbons (Fsp3) is 0.980. The van der Waals surface area contributed by atoms with E-state index in [1.165, 1.54) is 231 Å². The largest absolute Gasteiger partial charge is 0.469 e. The molecule has 0 fully saturated rings. The van der Waals surface area contributed by atoms with Crippen LogP contribution in [0.4, 0.5) is 0 Å². The minimum atomic E-state index is -4.65. The fourth-order valence-corrected chi connectivity index (χ4v) is 8.28. The number of phosphoric ester groups is 1. The maximum absolute atomic E-state index is 12.5. The van der Waals surface area contributed by atoms with E-state index in [4.69, 9.17) is 19.3 Å². The van der Waals surface area contributed by atoms with Crippen LogP contribution in [0.2, 0.25) is 0 Å². The van der Waals surface area contributed by atoms with E-state index in [2.05, 4.69) is 18.4 Å². The lowest BCUT2D eigenvalue weighted by atomic mass is 10.0. The molecule has 0 heterocycles. The molecule has 8 heteroatoms. The van der Waals surface area contributed by atoms with Gasteiger partial charge in [-0.05, 0) is 12.8 Å². The number of ether oxygens (including phenoxy) is 2. The van der Waals surface area contributed by atoms with Crippen molar-refractivity contribution in [1.29, 1.82) is 0 Å². The van der Waals surface area contributed by atoms with E-state index < -0.39 is 13.9 Å². The van der Waals surface area contributed by atoms with Gasteiger partial charge in [-0.15, -0.1) is 0 Å². The third kappa shape index (κ3) is 49.8. The molecule has 0 saturated carbocycles. The normalized spacial score (nSPS) is 12.4. The quantitative estimate of drug-likeness (QED) is 0.0358. The third-order valence-corrected chi connectivity index (χ3v) is 12.1. The van der Waals surface area contributed by atoms with Crippen molar-refractivity contribution in [3.8, 4) is 0 Å². The van der Waals surface area contributed by atoms with Crippen LogP contribution >= 0.6 is 7.82 Å². The van der Waals surface area contributed by atoms with Gasteiger partial charge in [0.1, 0.15) is 6.10 Å². The van der Waals surface area contributed by atoms with Crippen molar-refractivity contribution in [3.63, 3.8) is 0 Å². The molecule has 0 aliphatic heterocycles. The summed E-state index contributed by atoms with van der Waals surface area (Å²) in [7, 11) is -4.65. The van der Waals surface area contributed by atoms with Crippen LogP contribution in [0.25, 0.3) is 0 Å². The number of hydrogen-bond acceptors (Lipinski definition) is 5. The van der Waals surface area contributed by atoms with Crippen molar-refractivity contribution in [2.45, 2.75) is 290 Å². The molecule has 57 heavy (non-hydrogen) atoms. The Morgan fingerprint density at radius 3 is 0.947 bits per heavy atom. The lowest BCUT2D eigenvalue weighted by molar-refractivity contribution is -0.154. The first kappa shape index (κ1) is 56.5. The second-order valence-electron chi connectivity index (χ2n) is 17.5. The van der Waals surface area contributed by atoms with E-state index in [1.54, 1.807) is 0 Å². The summed E-state index contributed by atoms with van der Waals surface area (Å²) in [6.45, 7) is 4.83. The van der Waals surface area contributed by atoms with Gasteiger partial charge >= 0.3 is 13.8 Å². The van der Waals surface area contributed by atoms with Crippen molar-refractivity contribution in [3.05, 3.63) is 0 Å². The number of unbranched alkanes of at least 4 members (excludes halogenated alkanes) is 39. The third-order valence-electron chi connectivity index (χ3n) is 11.7. The van der Waals surface area contributed by atoms with Crippen LogP contribution in [0.1, 0.15) is 284 Å². The van der Waals surface area contributed by atoms with E-state index in [0.717, 1.165) is 32.1 Å². The molecule has 0 radical (unpaired) electrons. The summed E-state index contributed by atoms with van der Waals surface area (Å²) in [6, 6.07) is 0. The molecule has 0 amide bonds. The number of phosphoric acid groups is 1. The zero-order valence-corrected chi connectivity index (χ0v) is 39.2. The summed E-state index contributed by atoms with van der Waals surface area (Å²) in [4.78, 5) is 30.8. The number of carbonyl (C=O) groups excluding carboxylic acids is 1. The molecule has 1 atom stereocenters. The van der Waals surface area contributed by atoms with E-state index in [0.29, 0.717) is 13.0 Å². The lowest BCUT2D eigenvalue weighted by Gasteiger charge is -2.18. The van der Waals surface area contributed by atoms with E-state index in [9.17, 15) is 9.36 Å². The van der Waals surface area contributed by atoms with Gasteiger partial charge in [0, 0.05) is 13.0 Å². The van der Waals surface area contributed by atoms with Crippen molar-refractivity contribution in [2.24, 2.45) is 0 Å². The van der Waals surface area contributed by atoms with Gasteiger partial charge in [-0.1, -0.05) is 264 Å². The smallest absolute Gasteiger partial charge is 0.457 e. The Morgan fingerprint density at radius 2 is 0.667 bits per heavy atom. The summed E-state index contributed by atoms with van der Waals surface area (Å²) in [5, 5.41) is 0. The van der Waals surface area contributed by atoms with E-state index in [-0.39, 0.29) is 19.2 Å². The Balaban J connectivity index is 3.63. The molecule has 0 spiro atoms. The highest BCUT2D eigenvalue weighted by molar-refractivity contribution is 7.46. The molecule has 342 valence electrons. The Labute approximate surface area is 355 Å². The predicted octanol–water partition coefficient (Wildman–Crippen LogP) is 16.4. The molecule has 0 aliphatic carbocycles. The highest BCUT2D eigenvalue weighted by atomic mass is 31.2. The molecule has 0 unspecified atom stereocenters. The second-order valence-corrected chi connectivity index (χ2v) is 18.8. The number of hydrogen-bond donors (Lipinski definition) is 2. The summed E-state index contributed by atoms with van der Waals surface area (Å²) in [5.74, 6) is -0.352. The van der Waals surface area contributed by atoms with Gasteiger partial charge < -0.3 is 19.3 Å². The van der Waals surface area contributed by atoms with Gasteiger partial charge in [0.25, 0.3) is 0 Å². The second kappa shape index (κ2) is 46.6. The van der Waals surface area contributed by atoms with Gasteiger partial charge in [0.05, 0.1) is 13.2 Å². The molecule has 0 aromatic carbocycles. The zero-order chi connectivity index (χ0) is 41.6. The summed E-state index contributed by atoms with van der Waals surface area (Å²) in [5.41, 5.74) is 0. The standard InChI is InChI=1S/C49H99O7P/c1-3-5-7-9-11-13-15-17-19-21-22-23-24-25-26-27-28-29-30-32-34-36-38-40-42-44-49(50)56-48(47-55-57(51,52)53)46-54-45-43-41-39-37-35-33-31-20-18-16-14-12-10-8-6-4-2/h48H,3-47H2,1-2H3,(H2,51,52,53)/t48-/m1/s1. The Morgan fingerprint density at radius 1 is 0.404 bits per heavy atom. The molecule has 0 saturated heterocycles. The van der Waals surface area contributed by atoms with Crippen LogP contribution in [0.15, 0.2) is 0 Å². The van der Waals surface area contributed by atoms with Gasteiger partial charge in [0.15, 0.2) is 0 Å². The van der Waals surface area contributed by atoms with Crippen LogP contribution in [0.5, 0.6) is 0 Å². The highest BCUT2D eigenvalue weighted by Crippen LogP contribution is 2.36. The predicted molar refractivity (Wildman–Crippen MR) is 244 cm³/mol. The van der Waals surface area contributed by atoms with E-state index >= 15 is 0 Å². The van der Waals surface area contributed by atoms with E-state index in [1.807, 2.05) is 0 Å². The topological polar surface area (TPSA) is 102 Å². The molecule has 0 aromatic rings. The van der Waals surface area contributed by atoms with Crippen molar-refractivity contribution < 1.29 is 33.1 Å². The first-order chi connectivity index (χ1) is 27.9. The lowest BCUT2D eigenvalue weighted by Crippen LogP contribution is -2.28. The number of carbonyl (C=O) groups is 1.